The Labute approximate surface area is 95.8 Å². The Bertz CT molecular complexity index is 375. The van der Waals surface area contributed by atoms with E-state index in [0.717, 1.165) is 12.8 Å². The van der Waals surface area contributed by atoms with Crippen LogP contribution in [0.4, 0.5) is 0 Å². The second-order valence-electron chi connectivity index (χ2n) is 4.19. The van der Waals surface area contributed by atoms with Crippen molar-refractivity contribution < 1.29 is 13.2 Å². The lowest BCUT2D eigenvalue weighted by atomic mass is 10.2. The monoisotopic (exact) mass is 247 g/mol. The zero-order valence-corrected chi connectivity index (χ0v) is 10.2. The minimum atomic E-state index is -3.44. The van der Waals surface area contributed by atoms with Crippen LogP contribution in [0.5, 0.6) is 0 Å². The summed E-state index contributed by atoms with van der Waals surface area (Å²) in [6, 6.07) is -0.598. The van der Waals surface area contributed by atoms with Crippen LogP contribution < -0.4 is 5.32 Å². The van der Waals surface area contributed by atoms with E-state index in [1.54, 1.807) is 6.92 Å². The zero-order valence-electron chi connectivity index (χ0n) is 9.35. The average Bonchev–Trinajstić information content (AvgIpc) is 2.75. The minimum absolute atomic E-state index is 0.214. The molecule has 92 valence electrons. The normalized spacial score (nSPS) is 29.3. The summed E-state index contributed by atoms with van der Waals surface area (Å²) in [5, 5.41) is 2.66. The maximum Gasteiger partial charge on any atom is 0.282 e. The van der Waals surface area contributed by atoms with Gasteiger partial charge in [0.2, 0.25) is 5.91 Å². The van der Waals surface area contributed by atoms with Crippen molar-refractivity contribution in [2.75, 3.05) is 26.2 Å². The molecule has 0 aromatic heterocycles. The molecule has 0 aromatic rings. The van der Waals surface area contributed by atoms with Gasteiger partial charge in [0.25, 0.3) is 10.2 Å². The molecule has 0 aromatic carbocycles. The first-order chi connectivity index (χ1) is 7.53. The topological polar surface area (TPSA) is 69.7 Å². The van der Waals surface area contributed by atoms with Crippen LogP contribution in [0, 0.1) is 0 Å². The predicted molar refractivity (Wildman–Crippen MR) is 58.9 cm³/mol. The fourth-order valence-electron chi connectivity index (χ4n) is 2.14. The van der Waals surface area contributed by atoms with Gasteiger partial charge in [-0.25, -0.2) is 0 Å². The molecule has 2 heterocycles. The fraction of sp³-hybridized carbons (Fsp3) is 0.889. The van der Waals surface area contributed by atoms with Gasteiger partial charge in [-0.05, 0) is 19.8 Å². The number of nitrogens with one attached hydrogen (secondary N) is 1. The van der Waals surface area contributed by atoms with Crippen molar-refractivity contribution in [3.8, 4) is 0 Å². The van der Waals surface area contributed by atoms with Gasteiger partial charge in [-0.15, -0.1) is 0 Å². The molecule has 0 aliphatic carbocycles. The van der Waals surface area contributed by atoms with Gasteiger partial charge in [-0.1, -0.05) is 0 Å². The largest absolute Gasteiger partial charge is 0.353 e. The van der Waals surface area contributed by atoms with E-state index in [1.165, 1.54) is 8.61 Å². The van der Waals surface area contributed by atoms with Gasteiger partial charge in [0.15, 0.2) is 0 Å². The first kappa shape index (κ1) is 11.8. The number of hydrogen-bond donors (Lipinski definition) is 1. The van der Waals surface area contributed by atoms with E-state index in [9.17, 15) is 13.2 Å². The first-order valence-corrected chi connectivity index (χ1v) is 6.98. The Morgan fingerprint density at radius 3 is 2.50 bits per heavy atom. The summed E-state index contributed by atoms with van der Waals surface area (Å²) in [4.78, 5) is 11.4. The summed E-state index contributed by atoms with van der Waals surface area (Å²) in [5.74, 6) is -0.214. The molecule has 2 fully saturated rings. The SMILES string of the molecule is CC1C(=O)NCCN1S(=O)(=O)N1CCCC1. The van der Waals surface area contributed by atoms with Gasteiger partial charge in [0.1, 0.15) is 6.04 Å². The summed E-state index contributed by atoms with van der Waals surface area (Å²) < 4.78 is 27.2. The van der Waals surface area contributed by atoms with Crippen LogP contribution in [0.25, 0.3) is 0 Å². The molecule has 2 rings (SSSR count). The predicted octanol–water partition coefficient (Wildman–Crippen LogP) is -0.853. The van der Waals surface area contributed by atoms with Crippen LogP contribution in [-0.4, -0.2) is 55.2 Å². The van der Waals surface area contributed by atoms with E-state index in [2.05, 4.69) is 5.32 Å². The highest BCUT2D eigenvalue weighted by Gasteiger charge is 2.38. The second-order valence-corrected chi connectivity index (χ2v) is 6.07. The van der Waals surface area contributed by atoms with Gasteiger partial charge in [0.05, 0.1) is 0 Å². The van der Waals surface area contributed by atoms with Crippen molar-refractivity contribution in [2.45, 2.75) is 25.8 Å². The first-order valence-electron chi connectivity index (χ1n) is 5.58. The quantitative estimate of drug-likeness (QED) is 0.691. The molecule has 2 aliphatic heterocycles. The number of piperazine rings is 1. The van der Waals surface area contributed by atoms with Crippen LogP contribution in [0.2, 0.25) is 0 Å². The highest BCUT2D eigenvalue weighted by Crippen LogP contribution is 2.19. The van der Waals surface area contributed by atoms with Crippen LogP contribution in [0.15, 0.2) is 0 Å². The second kappa shape index (κ2) is 4.31. The number of carbonyl (C=O) groups is 1. The smallest absolute Gasteiger partial charge is 0.282 e. The highest BCUT2D eigenvalue weighted by atomic mass is 32.2. The van der Waals surface area contributed by atoms with Crippen LogP contribution in [0.1, 0.15) is 19.8 Å². The number of carbonyl (C=O) groups excluding carboxylic acids is 1. The Morgan fingerprint density at radius 2 is 1.88 bits per heavy atom. The van der Waals surface area contributed by atoms with Crippen molar-refractivity contribution in [1.82, 2.24) is 13.9 Å². The molecule has 1 N–H and O–H groups in total. The minimum Gasteiger partial charge on any atom is -0.353 e. The molecular formula is C9H17N3O3S. The lowest BCUT2D eigenvalue weighted by molar-refractivity contribution is -0.126. The number of rotatable bonds is 2. The van der Waals surface area contributed by atoms with Crippen LogP contribution in [-0.2, 0) is 15.0 Å². The van der Waals surface area contributed by atoms with Gasteiger partial charge < -0.3 is 5.32 Å². The molecule has 2 saturated heterocycles. The maximum absolute atomic E-state index is 12.2. The molecule has 1 atom stereocenters. The average molecular weight is 247 g/mol. The maximum atomic E-state index is 12.2. The third-order valence-electron chi connectivity index (χ3n) is 3.13. The third kappa shape index (κ3) is 1.94. The van der Waals surface area contributed by atoms with Crippen molar-refractivity contribution in [1.29, 1.82) is 0 Å². The van der Waals surface area contributed by atoms with Crippen molar-refractivity contribution in [2.24, 2.45) is 0 Å². The summed E-state index contributed by atoms with van der Waals surface area (Å²) >= 11 is 0. The Balaban J connectivity index is 2.18. The molecule has 1 amide bonds. The van der Waals surface area contributed by atoms with E-state index in [1.807, 2.05) is 0 Å². The van der Waals surface area contributed by atoms with E-state index in [0.29, 0.717) is 26.2 Å². The summed E-state index contributed by atoms with van der Waals surface area (Å²) in [5.41, 5.74) is 0. The molecule has 0 radical (unpaired) electrons. The van der Waals surface area contributed by atoms with Gasteiger partial charge >= 0.3 is 0 Å². The molecular weight excluding hydrogens is 230 g/mol. The molecule has 6 nitrogen and oxygen atoms in total. The van der Waals surface area contributed by atoms with E-state index in [-0.39, 0.29) is 5.91 Å². The number of nitrogens with zero attached hydrogens (tertiary/aromatic N) is 2. The number of hydrogen-bond acceptors (Lipinski definition) is 3. The van der Waals surface area contributed by atoms with E-state index < -0.39 is 16.3 Å². The van der Waals surface area contributed by atoms with E-state index in [4.69, 9.17) is 0 Å². The molecule has 0 saturated carbocycles. The van der Waals surface area contributed by atoms with Gasteiger partial charge in [-0.3, -0.25) is 4.79 Å². The third-order valence-corrected chi connectivity index (χ3v) is 5.24. The molecule has 7 heteroatoms. The number of amides is 1. The zero-order chi connectivity index (χ0) is 11.8. The summed E-state index contributed by atoms with van der Waals surface area (Å²) in [7, 11) is -3.44. The molecule has 2 aliphatic rings. The van der Waals surface area contributed by atoms with Crippen molar-refractivity contribution in [3.63, 3.8) is 0 Å². The lowest BCUT2D eigenvalue weighted by Crippen LogP contribution is -2.58. The molecule has 0 bridgehead atoms. The lowest BCUT2D eigenvalue weighted by Gasteiger charge is -2.34. The fourth-order valence-corrected chi connectivity index (χ4v) is 3.98. The van der Waals surface area contributed by atoms with Crippen molar-refractivity contribution in [3.05, 3.63) is 0 Å². The van der Waals surface area contributed by atoms with E-state index >= 15 is 0 Å². The van der Waals surface area contributed by atoms with Crippen LogP contribution >= 0.6 is 0 Å². The summed E-state index contributed by atoms with van der Waals surface area (Å²) in [6.07, 6.45) is 1.82. The van der Waals surface area contributed by atoms with Crippen molar-refractivity contribution >= 4 is 16.1 Å². The Hall–Kier alpha value is -0.660. The molecule has 0 spiro atoms. The highest BCUT2D eigenvalue weighted by molar-refractivity contribution is 7.86. The standard InChI is InChI=1S/C9H17N3O3S/c1-8-9(13)10-4-7-12(8)16(14,15)11-5-2-3-6-11/h8H,2-7H2,1H3,(H,10,13). The van der Waals surface area contributed by atoms with Gasteiger partial charge in [0, 0.05) is 26.2 Å². The Kier molecular flexibility index (Phi) is 3.18. The summed E-state index contributed by atoms with van der Waals surface area (Å²) in [6.45, 7) is 3.55. The van der Waals surface area contributed by atoms with Crippen LogP contribution in [0.3, 0.4) is 0 Å². The molecule has 16 heavy (non-hydrogen) atoms. The molecule has 1 unspecified atom stereocenters. The Morgan fingerprint density at radius 1 is 1.25 bits per heavy atom. The van der Waals surface area contributed by atoms with Gasteiger partial charge in [-0.2, -0.15) is 17.0 Å².